The van der Waals surface area contributed by atoms with Crippen molar-refractivity contribution in [2.75, 3.05) is 17.3 Å². The fourth-order valence-electron chi connectivity index (χ4n) is 3.31. The second kappa shape index (κ2) is 11.9. The zero-order valence-electron chi connectivity index (χ0n) is 19.2. The van der Waals surface area contributed by atoms with Crippen LogP contribution in [0.4, 0.5) is 11.4 Å². The standard InChI is InChI=1S/C24H25N5O5S/c1-3-17-14-21(30)28-22(25-17)15-6-4-8-18(12-15)26-24(32)20(10-11-35-2)27-23(31)16-7-5-9-19(13-16)29(33)34/h4-9,12-14,20H,3,10-11H2,1-2H3,(H,26,32)(H,27,31)(H,25,28,30). The highest BCUT2D eigenvalue weighted by Gasteiger charge is 2.22. The number of nitro groups is 1. The zero-order chi connectivity index (χ0) is 25.4. The summed E-state index contributed by atoms with van der Waals surface area (Å²) in [5.74, 6) is -0.00793. The van der Waals surface area contributed by atoms with Crippen LogP contribution in [-0.2, 0) is 11.2 Å². The van der Waals surface area contributed by atoms with Crippen LogP contribution in [0, 0.1) is 10.1 Å². The Hall–Kier alpha value is -3.99. The summed E-state index contributed by atoms with van der Waals surface area (Å²) in [6.07, 6.45) is 2.86. The first-order valence-electron chi connectivity index (χ1n) is 10.9. The Bertz CT molecular complexity index is 1290. The number of benzene rings is 2. The molecule has 1 atom stereocenters. The molecule has 3 N–H and O–H groups in total. The van der Waals surface area contributed by atoms with Crippen molar-refractivity contribution in [3.63, 3.8) is 0 Å². The summed E-state index contributed by atoms with van der Waals surface area (Å²) in [6.45, 7) is 1.90. The number of aryl methyl sites for hydroxylation is 1. The normalized spacial score (nSPS) is 11.5. The van der Waals surface area contributed by atoms with E-state index in [1.54, 1.807) is 24.3 Å². The lowest BCUT2D eigenvalue weighted by atomic mass is 10.1. The Balaban J connectivity index is 1.78. The van der Waals surface area contributed by atoms with Gasteiger partial charge in [-0.25, -0.2) is 4.98 Å². The molecule has 10 nitrogen and oxygen atoms in total. The predicted molar refractivity (Wildman–Crippen MR) is 136 cm³/mol. The summed E-state index contributed by atoms with van der Waals surface area (Å²) in [4.78, 5) is 55.3. The first-order chi connectivity index (χ1) is 16.8. The summed E-state index contributed by atoms with van der Waals surface area (Å²) >= 11 is 1.52. The minimum atomic E-state index is -0.862. The maximum Gasteiger partial charge on any atom is 0.270 e. The minimum Gasteiger partial charge on any atom is -0.340 e. The highest BCUT2D eigenvalue weighted by Crippen LogP contribution is 2.20. The molecule has 3 aromatic rings. The van der Waals surface area contributed by atoms with Gasteiger partial charge in [-0.3, -0.25) is 24.5 Å². The number of aromatic nitrogens is 2. The SMILES string of the molecule is CCc1cc(=O)[nH]c(-c2cccc(NC(=O)C(CCSC)NC(=O)c3cccc([N+](=O)[O-])c3)c2)n1. The van der Waals surface area contributed by atoms with Crippen LogP contribution in [0.15, 0.2) is 59.4 Å². The van der Waals surface area contributed by atoms with Crippen LogP contribution in [0.3, 0.4) is 0 Å². The Labute approximate surface area is 205 Å². The van der Waals surface area contributed by atoms with Crippen LogP contribution >= 0.6 is 11.8 Å². The van der Waals surface area contributed by atoms with Gasteiger partial charge < -0.3 is 15.6 Å². The number of rotatable bonds is 10. The quantitative estimate of drug-likeness (QED) is 0.288. The number of nitrogens with one attached hydrogen (secondary N) is 3. The average Bonchev–Trinajstić information content (AvgIpc) is 2.86. The minimum absolute atomic E-state index is 0.0917. The molecular weight excluding hydrogens is 470 g/mol. The molecule has 2 aromatic carbocycles. The summed E-state index contributed by atoms with van der Waals surface area (Å²) in [7, 11) is 0. The number of amides is 2. The molecule has 11 heteroatoms. The van der Waals surface area contributed by atoms with Crippen LogP contribution in [0.2, 0.25) is 0 Å². The number of anilines is 1. The van der Waals surface area contributed by atoms with Crippen molar-refractivity contribution in [1.82, 2.24) is 15.3 Å². The van der Waals surface area contributed by atoms with E-state index in [-0.39, 0.29) is 16.8 Å². The monoisotopic (exact) mass is 495 g/mol. The molecule has 0 aliphatic heterocycles. The molecule has 0 saturated heterocycles. The van der Waals surface area contributed by atoms with Gasteiger partial charge in [0.25, 0.3) is 17.2 Å². The van der Waals surface area contributed by atoms with E-state index in [9.17, 15) is 24.5 Å². The Morgan fingerprint density at radius 2 is 1.94 bits per heavy atom. The number of aromatic amines is 1. The van der Waals surface area contributed by atoms with Crippen molar-refractivity contribution in [2.24, 2.45) is 0 Å². The first kappa shape index (κ1) is 25.6. The largest absolute Gasteiger partial charge is 0.340 e. The highest BCUT2D eigenvalue weighted by molar-refractivity contribution is 7.98. The van der Waals surface area contributed by atoms with E-state index in [0.717, 1.165) is 0 Å². The lowest BCUT2D eigenvalue weighted by Crippen LogP contribution is -2.44. The van der Waals surface area contributed by atoms with Crippen molar-refractivity contribution in [3.05, 3.63) is 86.3 Å². The lowest BCUT2D eigenvalue weighted by molar-refractivity contribution is -0.384. The number of hydrogen-bond donors (Lipinski definition) is 3. The highest BCUT2D eigenvalue weighted by atomic mass is 32.2. The maximum atomic E-state index is 13.0. The van der Waals surface area contributed by atoms with Gasteiger partial charge in [0.1, 0.15) is 11.9 Å². The van der Waals surface area contributed by atoms with Gasteiger partial charge in [-0.1, -0.05) is 25.1 Å². The molecule has 2 amide bonds. The average molecular weight is 496 g/mol. The van der Waals surface area contributed by atoms with Crippen LogP contribution in [0.25, 0.3) is 11.4 Å². The first-order valence-corrected chi connectivity index (χ1v) is 12.3. The summed E-state index contributed by atoms with van der Waals surface area (Å²) in [5.41, 5.74) is 1.36. The van der Waals surface area contributed by atoms with Crippen molar-refractivity contribution in [1.29, 1.82) is 0 Å². The van der Waals surface area contributed by atoms with Crippen molar-refractivity contribution < 1.29 is 14.5 Å². The second-order valence-electron chi connectivity index (χ2n) is 7.62. The van der Waals surface area contributed by atoms with E-state index in [4.69, 9.17) is 0 Å². The van der Waals surface area contributed by atoms with Crippen LogP contribution in [0.5, 0.6) is 0 Å². The Morgan fingerprint density at radius 3 is 2.66 bits per heavy atom. The summed E-state index contributed by atoms with van der Waals surface area (Å²) in [6, 6.07) is 12.8. The molecule has 3 rings (SSSR count). The molecule has 0 aliphatic rings. The third-order valence-corrected chi connectivity index (χ3v) is 5.76. The number of hydrogen-bond acceptors (Lipinski definition) is 7. The Morgan fingerprint density at radius 1 is 1.17 bits per heavy atom. The number of H-pyrrole nitrogens is 1. The van der Waals surface area contributed by atoms with Crippen LogP contribution in [0.1, 0.15) is 29.4 Å². The molecule has 1 unspecified atom stereocenters. The van der Waals surface area contributed by atoms with Crippen molar-refractivity contribution >= 4 is 35.0 Å². The van der Waals surface area contributed by atoms with Gasteiger partial charge >= 0.3 is 0 Å². The van der Waals surface area contributed by atoms with E-state index in [1.807, 2.05) is 13.2 Å². The molecule has 0 saturated carbocycles. The predicted octanol–water partition coefficient (Wildman–Crippen LogP) is 3.40. The molecule has 0 bridgehead atoms. The third kappa shape index (κ3) is 7.00. The molecule has 0 spiro atoms. The van der Waals surface area contributed by atoms with E-state index >= 15 is 0 Å². The molecule has 0 radical (unpaired) electrons. The van der Waals surface area contributed by atoms with Gasteiger partial charge in [-0.15, -0.1) is 0 Å². The van der Waals surface area contributed by atoms with Gasteiger partial charge in [0.05, 0.1) is 4.92 Å². The molecule has 182 valence electrons. The smallest absolute Gasteiger partial charge is 0.270 e. The van der Waals surface area contributed by atoms with Crippen molar-refractivity contribution in [3.8, 4) is 11.4 Å². The second-order valence-corrected chi connectivity index (χ2v) is 8.61. The number of thioether (sulfide) groups is 1. The Kier molecular flexibility index (Phi) is 8.74. The summed E-state index contributed by atoms with van der Waals surface area (Å²) in [5, 5.41) is 16.5. The lowest BCUT2D eigenvalue weighted by Gasteiger charge is -2.18. The zero-order valence-corrected chi connectivity index (χ0v) is 20.1. The fraction of sp³-hybridized carbons (Fsp3) is 0.250. The van der Waals surface area contributed by atoms with Gasteiger partial charge in [0.2, 0.25) is 5.91 Å². The number of non-ortho nitro benzene ring substituents is 1. The number of carbonyl (C=O) groups is 2. The van der Waals surface area contributed by atoms with E-state index in [0.29, 0.717) is 41.4 Å². The third-order valence-electron chi connectivity index (χ3n) is 5.11. The van der Waals surface area contributed by atoms with E-state index < -0.39 is 22.8 Å². The van der Waals surface area contributed by atoms with Crippen LogP contribution in [-0.4, -0.2) is 44.8 Å². The molecule has 0 aliphatic carbocycles. The van der Waals surface area contributed by atoms with Crippen LogP contribution < -0.4 is 16.2 Å². The van der Waals surface area contributed by atoms with E-state index in [1.165, 1.54) is 42.1 Å². The van der Waals surface area contributed by atoms with E-state index in [2.05, 4.69) is 20.6 Å². The fourth-order valence-corrected chi connectivity index (χ4v) is 3.78. The summed E-state index contributed by atoms with van der Waals surface area (Å²) < 4.78 is 0. The van der Waals surface area contributed by atoms with Gasteiger partial charge in [0, 0.05) is 40.7 Å². The van der Waals surface area contributed by atoms with Gasteiger partial charge in [-0.2, -0.15) is 11.8 Å². The topological polar surface area (TPSA) is 147 Å². The maximum absolute atomic E-state index is 13.0. The number of nitrogens with zero attached hydrogens (tertiary/aromatic N) is 2. The number of nitro benzene ring substituents is 1. The van der Waals surface area contributed by atoms with Gasteiger partial charge in [0.15, 0.2) is 0 Å². The molecule has 0 fully saturated rings. The number of carbonyl (C=O) groups excluding carboxylic acids is 2. The molecule has 35 heavy (non-hydrogen) atoms. The van der Waals surface area contributed by atoms with Gasteiger partial charge in [-0.05, 0) is 43.0 Å². The molecule has 1 aromatic heterocycles. The molecule has 1 heterocycles. The molecular formula is C24H25N5O5S. The van der Waals surface area contributed by atoms with Crippen molar-refractivity contribution in [2.45, 2.75) is 25.8 Å².